The Kier molecular flexibility index (Phi) is 7.93. The summed E-state index contributed by atoms with van der Waals surface area (Å²) in [6, 6.07) is 67.6. The van der Waals surface area contributed by atoms with Crippen molar-refractivity contribution >= 4 is 70.5 Å². The van der Waals surface area contributed by atoms with Crippen LogP contribution in [-0.2, 0) is 0 Å². The van der Waals surface area contributed by atoms with Crippen molar-refractivity contribution in [2.75, 3.05) is 4.90 Å². The lowest BCUT2D eigenvalue weighted by atomic mass is 10.0. The Hall–Kier alpha value is -7.41. The van der Waals surface area contributed by atoms with E-state index in [0.717, 1.165) is 61.3 Å². The van der Waals surface area contributed by atoms with E-state index in [0.29, 0.717) is 17.5 Å². The molecule has 0 unspecified atom stereocenters. The van der Waals surface area contributed by atoms with Crippen molar-refractivity contribution in [1.82, 2.24) is 15.0 Å². The summed E-state index contributed by atoms with van der Waals surface area (Å²) in [7, 11) is 0. The zero-order chi connectivity index (χ0) is 37.7. The molecule has 0 fully saturated rings. The molecule has 0 spiro atoms. The van der Waals surface area contributed by atoms with Gasteiger partial charge in [-0.1, -0.05) is 127 Å². The third kappa shape index (κ3) is 6.00. The zero-order valence-electron chi connectivity index (χ0n) is 30.6. The van der Waals surface area contributed by atoms with Gasteiger partial charge in [0.1, 0.15) is 11.2 Å². The first-order valence-electron chi connectivity index (χ1n) is 18.9. The molecule has 0 aliphatic carbocycles. The van der Waals surface area contributed by atoms with Gasteiger partial charge in [-0.05, 0) is 77.9 Å². The van der Waals surface area contributed by atoms with Crippen LogP contribution in [0.4, 0.5) is 17.1 Å². The normalized spacial score (nSPS) is 11.5. The number of rotatable bonds is 7. The Balaban J connectivity index is 0.982. The van der Waals surface area contributed by atoms with Crippen LogP contribution in [0.25, 0.3) is 87.4 Å². The zero-order valence-corrected chi connectivity index (χ0v) is 31.4. The van der Waals surface area contributed by atoms with Gasteiger partial charge in [0.05, 0.1) is 0 Å². The van der Waals surface area contributed by atoms with Gasteiger partial charge in [0, 0.05) is 64.7 Å². The minimum Gasteiger partial charge on any atom is -0.456 e. The lowest BCUT2D eigenvalue weighted by Gasteiger charge is -2.25. The molecule has 11 aromatic rings. The van der Waals surface area contributed by atoms with Gasteiger partial charge in [0.25, 0.3) is 0 Å². The fourth-order valence-corrected chi connectivity index (χ4v) is 8.92. The third-order valence-corrected chi connectivity index (χ3v) is 11.6. The highest BCUT2D eigenvalue weighted by atomic mass is 32.1. The summed E-state index contributed by atoms with van der Waals surface area (Å²) in [5.74, 6) is 1.85. The number of anilines is 3. The van der Waals surface area contributed by atoms with Gasteiger partial charge < -0.3 is 9.32 Å². The van der Waals surface area contributed by atoms with Gasteiger partial charge in [0.15, 0.2) is 17.5 Å². The standard InChI is InChI=1S/C51H32N4OS/c1-4-13-33(14-5-1)49-52-50(36-24-26-42-41-21-10-11-22-45(41)56-46(42)30-36)54-51(53-49)37-25-28-44-43-27-23-35(31-47(43)57-48(44)32-37)34-15-12-20-40(29-34)55(38-16-6-2-7-17-38)39-18-8-3-9-19-39/h1-32H. The van der Waals surface area contributed by atoms with Gasteiger partial charge >= 0.3 is 0 Å². The summed E-state index contributed by atoms with van der Waals surface area (Å²) in [5.41, 5.74) is 10.1. The molecular weight excluding hydrogens is 717 g/mol. The predicted octanol–water partition coefficient (Wildman–Crippen LogP) is 14.3. The number of hydrogen-bond donors (Lipinski definition) is 0. The second kappa shape index (κ2) is 13.7. The van der Waals surface area contributed by atoms with E-state index in [1.165, 1.54) is 25.7 Å². The number of fused-ring (bicyclic) bond motifs is 6. The van der Waals surface area contributed by atoms with Gasteiger partial charge in [-0.2, -0.15) is 0 Å². The molecule has 0 saturated heterocycles. The fraction of sp³-hybridized carbons (Fsp3) is 0. The fourth-order valence-electron chi connectivity index (χ4n) is 7.74. The van der Waals surface area contributed by atoms with Crippen molar-refractivity contribution in [1.29, 1.82) is 0 Å². The molecule has 0 bridgehead atoms. The van der Waals surface area contributed by atoms with Crippen molar-refractivity contribution in [2.24, 2.45) is 0 Å². The van der Waals surface area contributed by atoms with Crippen LogP contribution < -0.4 is 4.90 Å². The van der Waals surface area contributed by atoms with E-state index >= 15 is 0 Å². The smallest absolute Gasteiger partial charge is 0.164 e. The highest BCUT2D eigenvalue weighted by molar-refractivity contribution is 7.25. The quantitative estimate of drug-likeness (QED) is 0.162. The molecule has 3 heterocycles. The van der Waals surface area contributed by atoms with Gasteiger partial charge in [-0.25, -0.2) is 15.0 Å². The van der Waals surface area contributed by atoms with Crippen molar-refractivity contribution in [3.8, 4) is 45.3 Å². The van der Waals surface area contributed by atoms with E-state index in [9.17, 15) is 0 Å². The molecule has 0 aliphatic rings. The molecule has 0 aliphatic heterocycles. The van der Waals surface area contributed by atoms with Crippen LogP contribution in [0.3, 0.4) is 0 Å². The largest absolute Gasteiger partial charge is 0.456 e. The summed E-state index contributed by atoms with van der Waals surface area (Å²) in [5, 5.41) is 4.61. The van der Waals surface area contributed by atoms with Crippen LogP contribution >= 0.6 is 11.3 Å². The molecule has 0 atom stereocenters. The maximum atomic E-state index is 6.24. The highest BCUT2D eigenvalue weighted by Crippen LogP contribution is 2.41. The van der Waals surface area contributed by atoms with Crippen LogP contribution in [-0.4, -0.2) is 15.0 Å². The molecular formula is C51H32N4OS. The molecule has 0 saturated carbocycles. The Bertz CT molecular complexity index is 3210. The van der Waals surface area contributed by atoms with E-state index in [-0.39, 0.29) is 0 Å². The molecule has 11 rings (SSSR count). The molecule has 0 amide bonds. The highest BCUT2D eigenvalue weighted by Gasteiger charge is 2.17. The van der Waals surface area contributed by atoms with Crippen LogP contribution in [0.15, 0.2) is 199 Å². The number of aromatic nitrogens is 3. The molecule has 0 radical (unpaired) electrons. The van der Waals surface area contributed by atoms with Crippen LogP contribution in [0.5, 0.6) is 0 Å². The third-order valence-electron chi connectivity index (χ3n) is 10.5. The summed E-state index contributed by atoms with van der Waals surface area (Å²) in [4.78, 5) is 17.4. The summed E-state index contributed by atoms with van der Waals surface area (Å²) in [6.07, 6.45) is 0. The average molecular weight is 749 g/mol. The van der Waals surface area contributed by atoms with E-state index in [1.54, 1.807) is 11.3 Å². The number of nitrogens with zero attached hydrogens (tertiary/aromatic N) is 4. The minimum absolute atomic E-state index is 0.600. The number of hydrogen-bond acceptors (Lipinski definition) is 6. The molecule has 57 heavy (non-hydrogen) atoms. The molecule has 8 aromatic carbocycles. The first kappa shape index (κ1) is 33.0. The van der Waals surface area contributed by atoms with Crippen LogP contribution in [0.2, 0.25) is 0 Å². The van der Waals surface area contributed by atoms with Crippen molar-refractivity contribution < 1.29 is 4.42 Å². The summed E-state index contributed by atoms with van der Waals surface area (Å²) in [6.45, 7) is 0. The second-order valence-corrected chi connectivity index (χ2v) is 15.1. The van der Waals surface area contributed by atoms with Gasteiger partial charge in [0.2, 0.25) is 0 Å². The van der Waals surface area contributed by atoms with Crippen LogP contribution in [0, 0.1) is 0 Å². The second-order valence-electron chi connectivity index (χ2n) is 14.1. The van der Waals surface area contributed by atoms with E-state index in [4.69, 9.17) is 19.4 Å². The molecule has 3 aromatic heterocycles. The topological polar surface area (TPSA) is 55.1 Å². The predicted molar refractivity (Wildman–Crippen MR) is 236 cm³/mol. The first-order valence-corrected chi connectivity index (χ1v) is 19.7. The van der Waals surface area contributed by atoms with Crippen LogP contribution in [0.1, 0.15) is 0 Å². The van der Waals surface area contributed by atoms with Gasteiger partial charge in [-0.15, -0.1) is 11.3 Å². The Morgan fingerprint density at radius 2 is 0.807 bits per heavy atom. The molecule has 268 valence electrons. The molecule has 0 N–H and O–H groups in total. The van der Waals surface area contributed by atoms with Crippen molar-refractivity contribution in [2.45, 2.75) is 0 Å². The van der Waals surface area contributed by atoms with E-state index in [2.05, 4.69) is 144 Å². The maximum absolute atomic E-state index is 6.24. The SMILES string of the molecule is c1ccc(-c2nc(-c3ccc4c(c3)oc3ccccc34)nc(-c3ccc4c(c3)sc3cc(-c5cccc(N(c6ccccc6)c6ccccc6)c5)ccc34)n2)cc1. The Morgan fingerprint density at radius 3 is 1.49 bits per heavy atom. The number of benzene rings is 8. The monoisotopic (exact) mass is 748 g/mol. The van der Waals surface area contributed by atoms with Crippen molar-refractivity contribution in [3.05, 3.63) is 194 Å². The first-order chi connectivity index (χ1) is 28.2. The molecule has 6 heteroatoms. The number of para-hydroxylation sites is 3. The minimum atomic E-state index is 0.600. The van der Waals surface area contributed by atoms with Crippen molar-refractivity contribution in [3.63, 3.8) is 0 Å². The average Bonchev–Trinajstić information content (AvgIpc) is 3.84. The lowest BCUT2D eigenvalue weighted by Crippen LogP contribution is -2.09. The number of thiophene rings is 1. The molecule has 5 nitrogen and oxygen atoms in total. The van der Waals surface area contributed by atoms with Gasteiger partial charge in [-0.3, -0.25) is 0 Å². The summed E-state index contributed by atoms with van der Waals surface area (Å²) >= 11 is 1.79. The summed E-state index contributed by atoms with van der Waals surface area (Å²) < 4.78 is 8.65. The Labute approximate surface area is 332 Å². The number of furan rings is 1. The Morgan fingerprint density at radius 1 is 0.333 bits per heavy atom. The lowest BCUT2D eigenvalue weighted by molar-refractivity contribution is 0.669. The maximum Gasteiger partial charge on any atom is 0.164 e. The van der Waals surface area contributed by atoms with E-state index < -0.39 is 0 Å². The van der Waals surface area contributed by atoms with E-state index in [1.807, 2.05) is 54.6 Å².